The van der Waals surface area contributed by atoms with E-state index in [2.05, 4.69) is 20.7 Å². The first kappa shape index (κ1) is 22.7. The zero-order valence-corrected chi connectivity index (χ0v) is 17.9. The highest BCUT2D eigenvalue weighted by molar-refractivity contribution is 6.31. The van der Waals surface area contributed by atoms with Crippen molar-refractivity contribution in [3.8, 4) is 0 Å². The summed E-state index contributed by atoms with van der Waals surface area (Å²) >= 11 is 6.23. The zero-order chi connectivity index (χ0) is 25.1. The third-order valence-corrected chi connectivity index (χ3v) is 5.75. The average Bonchev–Trinajstić information content (AvgIpc) is 3.38. The van der Waals surface area contributed by atoms with Gasteiger partial charge in [-0.05, 0) is 36.4 Å². The van der Waals surface area contributed by atoms with E-state index in [9.17, 15) is 31.5 Å². The van der Waals surface area contributed by atoms with Gasteiger partial charge in [0.05, 0.1) is 29.1 Å². The second-order valence-corrected chi connectivity index (χ2v) is 8.02. The third-order valence-electron chi connectivity index (χ3n) is 5.40. The number of anilines is 1. The van der Waals surface area contributed by atoms with E-state index in [1.54, 1.807) is 0 Å². The summed E-state index contributed by atoms with van der Waals surface area (Å²) in [6.07, 6.45) is -2.45. The number of rotatable bonds is 3. The SMILES string of the molecule is O=C(Nc1cn2ncnc2c2c1C(c1cc(F)ccc1Cl)NC2=O)c1cc(F)cc(C(F)(F)F)c1. The average molecular weight is 508 g/mol. The number of benzene rings is 2. The maximum atomic E-state index is 14.0. The fourth-order valence-electron chi connectivity index (χ4n) is 3.92. The number of halogens is 6. The number of aromatic nitrogens is 3. The van der Waals surface area contributed by atoms with Crippen molar-refractivity contribution in [2.75, 3.05) is 5.32 Å². The summed E-state index contributed by atoms with van der Waals surface area (Å²) in [5.74, 6) is -3.60. The Morgan fingerprint density at radius 1 is 1.11 bits per heavy atom. The van der Waals surface area contributed by atoms with Crippen LogP contribution in [0.1, 0.15) is 43.4 Å². The topological polar surface area (TPSA) is 88.4 Å². The second-order valence-electron chi connectivity index (χ2n) is 7.61. The summed E-state index contributed by atoms with van der Waals surface area (Å²) in [7, 11) is 0. The first-order valence-electron chi connectivity index (χ1n) is 9.84. The molecule has 5 rings (SSSR count). The number of amides is 2. The summed E-state index contributed by atoms with van der Waals surface area (Å²) in [5.41, 5.74) is -1.57. The molecule has 2 aromatic carbocycles. The molecule has 2 amide bonds. The van der Waals surface area contributed by atoms with E-state index in [-0.39, 0.29) is 39.1 Å². The Bertz CT molecular complexity index is 1530. The molecule has 2 N–H and O–H groups in total. The number of hydrogen-bond acceptors (Lipinski definition) is 4. The minimum absolute atomic E-state index is 0.000788. The monoisotopic (exact) mass is 507 g/mol. The van der Waals surface area contributed by atoms with Crippen molar-refractivity contribution in [3.05, 3.63) is 93.4 Å². The summed E-state index contributed by atoms with van der Waals surface area (Å²) in [6.45, 7) is 0. The fraction of sp³-hybridized carbons (Fsp3) is 0.0909. The van der Waals surface area contributed by atoms with E-state index < -0.39 is 46.8 Å². The predicted molar refractivity (Wildman–Crippen MR) is 113 cm³/mol. The first-order chi connectivity index (χ1) is 16.5. The van der Waals surface area contributed by atoms with E-state index in [0.29, 0.717) is 12.1 Å². The number of nitrogens with zero attached hydrogens (tertiary/aromatic N) is 3. The molecule has 3 heterocycles. The van der Waals surface area contributed by atoms with Crippen molar-refractivity contribution in [2.24, 2.45) is 0 Å². The number of fused-ring (bicyclic) bond motifs is 3. The standard InChI is InChI=1S/C22H11ClF5N5O2/c23-14-2-1-11(24)6-13(14)18-16-15(7-33-19(29-8-30-33)17(16)21(35)32-18)31-20(34)9-3-10(22(26,27)28)5-12(25)4-9/h1-8,18H,(H,31,34)(H,32,35). The molecule has 35 heavy (non-hydrogen) atoms. The van der Waals surface area contributed by atoms with Crippen molar-refractivity contribution in [1.82, 2.24) is 19.9 Å². The highest BCUT2D eigenvalue weighted by atomic mass is 35.5. The van der Waals surface area contributed by atoms with E-state index in [1.807, 2.05) is 0 Å². The van der Waals surface area contributed by atoms with Crippen LogP contribution in [-0.2, 0) is 6.18 Å². The molecule has 178 valence electrons. The van der Waals surface area contributed by atoms with Crippen LogP contribution in [0.5, 0.6) is 0 Å². The maximum Gasteiger partial charge on any atom is 0.416 e. The smallest absolute Gasteiger partial charge is 0.341 e. The Morgan fingerprint density at radius 3 is 2.63 bits per heavy atom. The van der Waals surface area contributed by atoms with Crippen molar-refractivity contribution in [3.63, 3.8) is 0 Å². The summed E-state index contributed by atoms with van der Waals surface area (Å²) in [4.78, 5) is 29.8. The van der Waals surface area contributed by atoms with Crippen LogP contribution < -0.4 is 10.6 Å². The lowest BCUT2D eigenvalue weighted by atomic mass is 9.97. The minimum Gasteiger partial charge on any atom is -0.341 e. The largest absolute Gasteiger partial charge is 0.416 e. The predicted octanol–water partition coefficient (Wildman–Crippen LogP) is 4.76. The van der Waals surface area contributed by atoms with Crippen molar-refractivity contribution >= 4 is 34.7 Å². The maximum absolute atomic E-state index is 14.0. The van der Waals surface area contributed by atoms with Crippen LogP contribution >= 0.6 is 11.6 Å². The molecule has 13 heteroatoms. The molecule has 4 aromatic rings. The zero-order valence-electron chi connectivity index (χ0n) is 17.1. The van der Waals surface area contributed by atoms with E-state index >= 15 is 0 Å². The fourth-order valence-corrected chi connectivity index (χ4v) is 4.14. The molecule has 0 fully saturated rings. The molecule has 0 bridgehead atoms. The third kappa shape index (κ3) is 3.95. The second kappa shape index (κ2) is 8.01. The highest BCUT2D eigenvalue weighted by Crippen LogP contribution is 2.40. The molecule has 1 aliphatic heterocycles. The van der Waals surface area contributed by atoms with E-state index in [4.69, 9.17) is 11.6 Å². The van der Waals surface area contributed by atoms with Gasteiger partial charge in [0, 0.05) is 21.7 Å². The molecule has 0 saturated carbocycles. The van der Waals surface area contributed by atoms with Crippen molar-refractivity contribution in [1.29, 1.82) is 0 Å². The molecule has 0 spiro atoms. The molecule has 1 atom stereocenters. The van der Waals surface area contributed by atoms with Crippen molar-refractivity contribution in [2.45, 2.75) is 12.2 Å². The van der Waals surface area contributed by atoms with Crippen LogP contribution in [-0.4, -0.2) is 26.4 Å². The highest BCUT2D eigenvalue weighted by Gasteiger charge is 2.37. The summed E-state index contributed by atoms with van der Waals surface area (Å²) < 4.78 is 68.3. The van der Waals surface area contributed by atoms with Gasteiger partial charge < -0.3 is 10.6 Å². The van der Waals surface area contributed by atoms with Gasteiger partial charge in [-0.15, -0.1) is 0 Å². The Balaban J connectivity index is 1.65. The Hall–Kier alpha value is -4.06. The first-order valence-corrected chi connectivity index (χ1v) is 10.2. The van der Waals surface area contributed by atoms with Crippen LogP contribution in [0.15, 0.2) is 48.9 Å². The van der Waals surface area contributed by atoms with Crippen LogP contribution in [0.25, 0.3) is 5.65 Å². The lowest BCUT2D eigenvalue weighted by molar-refractivity contribution is -0.137. The van der Waals surface area contributed by atoms with Gasteiger partial charge in [-0.1, -0.05) is 11.6 Å². The Morgan fingerprint density at radius 2 is 1.89 bits per heavy atom. The van der Waals surface area contributed by atoms with Crippen LogP contribution in [0.3, 0.4) is 0 Å². The van der Waals surface area contributed by atoms with Gasteiger partial charge in [0.25, 0.3) is 11.8 Å². The normalized spacial score (nSPS) is 15.3. The van der Waals surface area contributed by atoms with Crippen LogP contribution in [0.2, 0.25) is 5.02 Å². The van der Waals surface area contributed by atoms with Crippen LogP contribution in [0, 0.1) is 11.6 Å². The summed E-state index contributed by atoms with van der Waals surface area (Å²) in [5, 5.41) is 9.11. The van der Waals surface area contributed by atoms with Gasteiger partial charge in [-0.3, -0.25) is 9.59 Å². The Kier molecular flexibility index (Phi) is 5.20. The molecule has 0 saturated heterocycles. The molecule has 0 radical (unpaired) electrons. The number of carbonyl (C=O) groups is 2. The van der Waals surface area contributed by atoms with Gasteiger partial charge in [-0.2, -0.15) is 18.3 Å². The molecule has 0 aliphatic carbocycles. The minimum atomic E-state index is -4.88. The molecule has 7 nitrogen and oxygen atoms in total. The van der Waals surface area contributed by atoms with Gasteiger partial charge in [0.2, 0.25) is 0 Å². The van der Waals surface area contributed by atoms with Gasteiger partial charge >= 0.3 is 6.18 Å². The van der Waals surface area contributed by atoms with E-state index in [0.717, 1.165) is 18.5 Å². The molecular formula is C22H11ClF5N5O2. The molecule has 1 aliphatic rings. The van der Waals surface area contributed by atoms with Gasteiger partial charge in [0.1, 0.15) is 18.0 Å². The van der Waals surface area contributed by atoms with Crippen LogP contribution in [0.4, 0.5) is 27.6 Å². The van der Waals surface area contributed by atoms with E-state index in [1.165, 1.54) is 16.8 Å². The molecule has 2 aromatic heterocycles. The lowest BCUT2D eigenvalue weighted by Crippen LogP contribution is -2.21. The van der Waals surface area contributed by atoms with Gasteiger partial charge in [-0.25, -0.2) is 18.3 Å². The molecule has 1 unspecified atom stereocenters. The number of carbonyl (C=O) groups excluding carboxylic acids is 2. The number of alkyl halides is 3. The summed E-state index contributed by atoms with van der Waals surface area (Å²) in [6, 6.07) is 3.88. The van der Waals surface area contributed by atoms with Gasteiger partial charge in [0.15, 0.2) is 5.65 Å². The Labute approximate surface area is 197 Å². The number of pyridine rings is 1. The number of nitrogens with one attached hydrogen (secondary N) is 2. The number of hydrogen-bond donors (Lipinski definition) is 2. The molecular weight excluding hydrogens is 497 g/mol. The quantitative estimate of drug-likeness (QED) is 0.391. The van der Waals surface area contributed by atoms with Crippen molar-refractivity contribution < 1.29 is 31.5 Å². The lowest BCUT2D eigenvalue weighted by Gasteiger charge is -2.18.